The number of rotatable bonds is 3. The van der Waals surface area contributed by atoms with Gasteiger partial charge in [0.2, 0.25) is 0 Å². The first-order valence-corrected chi connectivity index (χ1v) is 6.14. The van der Waals surface area contributed by atoms with Gasteiger partial charge in [-0.05, 0) is 25.9 Å². The molecular formula is C10H17N3S. The number of likely N-dealkylation sites (tertiary alicyclic amines) is 1. The molecule has 0 spiro atoms. The molecule has 0 aliphatic carbocycles. The summed E-state index contributed by atoms with van der Waals surface area (Å²) in [5, 5.41) is 2.13. The van der Waals surface area contributed by atoms with E-state index in [4.69, 9.17) is 5.73 Å². The normalized spacial score (nSPS) is 20.1. The van der Waals surface area contributed by atoms with E-state index in [0.717, 1.165) is 38.9 Å². The molecule has 0 amide bonds. The van der Waals surface area contributed by atoms with Crippen LogP contribution < -0.4 is 5.73 Å². The Bertz CT molecular complexity index is 252. The Morgan fingerprint density at radius 1 is 1.50 bits per heavy atom. The number of nitrogens with zero attached hydrogens (tertiary/aromatic N) is 2. The Kier molecular flexibility index (Phi) is 3.50. The highest BCUT2D eigenvalue weighted by molar-refractivity contribution is 7.07. The van der Waals surface area contributed by atoms with Crippen LogP contribution in [0.5, 0.6) is 0 Å². The van der Waals surface area contributed by atoms with E-state index in [9.17, 15) is 0 Å². The highest BCUT2D eigenvalue weighted by Gasteiger charge is 2.15. The SMILES string of the molecule is NC1CCN(CCc2cscn2)CC1. The topological polar surface area (TPSA) is 42.1 Å². The van der Waals surface area contributed by atoms with Gasteiger partial charge < -0.3 is 10.6 Å². The van der Waals surface area contributed by atoms with Gasteiger partial charge in [0.15, 0.2) is 0 Å². The summed E-state index contributed by atoms with van der Waals surface area (Å²) in [5.74, 6) is 0. The second kappa shape index (κ2) is 4.87. The molecule has 1 aliphatic heterocycles. The fourth-order valence-electron chi connectivity index (χ4n) is 1.81. The van der Waals surface area contributed by atoms with Crippen molar-refractivity contribution in [3.63, 3.8) is 0 Å². The fraction of sp³-hybridized carbons (Fsp3) is 0.700. The molecule has 0 saturated carbocycles. The lowest BCUT2D eigenvalue weighted by Crippen LogP contribution is -2.40. The minimum atomic E-state index is 0.436. The van der Waals surface area contributed by atoms with Crippen molar-refractivity contribution in [2.75, 3.05) is 19.6 Å². The third-order valence-corrected chi connectivity index (χ3v) is 3.44. The van der Waals surface area contributed by atoms with E-state index in [1.54, 1.807) is 11.3 Å². The van der Waals surface area contributed by atoms with Crippen LogP contribution in [-0.2, 0) is 6.42 Å². The Hall–Kier alpha value is -0.450. The van der Waals surface area contributed by atoms with Crippen LogP contribution in [0, 0.1) is 0 Å². The van der Waals surface area contributed by atoms with Crippen molar-refractivity contribution in [1.82, 2.24) is 9.88 Å². The van der Waals surface area contributed by atoms with Crippen LogP contribution in [0.1, 0.15) is 18.5 Å². The minimum absolute atomic E-state index is 0.436. The largest absolute Gasteiger partial charge is 0.328 e. The van der Waals surface area contributed by atoms with E-state index in [-0.39, 0.29) is 0 Å². The first-order chi connectivity index (χ1) is 6.84. The monoisotopic (exact) mass is 211 g/mol. The van der Waals surface area contributed by atoms with Crippen molar-refractivity contribution in [3.05, 3.63) is 16.6 Å². The second-order valence-electron chi connectivity index (χ2n) is 3.91. The lowest BCUT2D eigenvalue weighted by Gasteiger charge is -2.29. The molecule has 2 heterocycles. The van der Waals surface area contributed by atoms with Crippen molar-refractivity contribution in [2.24, 2.45) is 5.73 Å². The summed E-state index contributed by atoms with van der Waals surface area (Å²) < 4.78 is 0. The van der Waals surface area contributed by atoms with Gasteiger partial charge in [0, 0.05) is 24.4 Å². The van der Waals surface area contributed by atoms with E-state index in [2.05, 4.69) is 15.3 Å². The summed E-state index contributed by atoms with van der Waals surface area (Å²) in [5.41, 5.74) is 8.98. The number of nitrogens with two attached hydrogens (primary N) is 1. The zero-order valence-corrected chi connectivity index (χ0v) is 9.17. The van der Waals surface area contributed by atoms with E-state index in [1.165, 1.54) is 5.69 Å². The molecular weight excluding hydrogens is 194 g/mol. The van der Waals surface area contributed by atoms with E-state index in [0.29, 0.717) is 6.04 Å². The summed E-state index contributed by atoms with van der Waals surface area (Å²) in [4.78, 5) is 6.77. The zero-order valence-electron chi connectivity index (χ0n) is 8.35. The van der Waals surface area contributed by atoms with Crippen LogP contribution >= 0.6 is 11.3 Å². The number of hydrogen-bond acceptors (Lipinski definition) is 4. The molecule has 14 heavy (non-hydrogen) atoms. The molecule has 2 N–H and O–H groups in total. The first-order valence-electron chi connectivity index (χ1n) is 5.19. The van der Waals surface area contributed by atoms with Gasteiger partial charge in [0.25, 0.3) is 0 Å². The van der Waals surface area contributed by atoms with E-state index in [1.807, 2.05) is 5.51 Å². The average molecular weight is 211 g/mol. The number of aromatic nitrogens is 1. The number of piperidine rings is 1. The van der Waals surface area contributed by atoms with E-state index < -0.39 is 0 Å². The van der Waals surface area contributed by atoms with Crippen LogP contribution in [0.2, 0.25) is 0 Å². The maximum atomic E-state index is 5.85. The van der Waals surface area contributed by atoms with Gasteiger partial charge in [-0.15, -0.1) is 11.3 Å². The molecule has 2 rings (SSSR count). The molecule has 1 fully saturated rings. The third-order valence-electron chi connectivity index (χ3n) is 2.80. The van der Waals surface area contributed by atoms with E-state index >= 15 is 0 Å². The molecule has 3 nitrogen and oxygen atoms in total. The quantitative estimate of drug-likeness (QED) is 0.814. The van der Waals surface area contributed by atoms with Crippen LogP contribution in [0.3, 0.4) is 0 Å². The summed E-state index contributed by atoms with van der Waals surface area (Å²) in [6, 6.07) is 0.436. The summed E-state index contributed by atoms with van der Waals surface area (Å²) in [6.45, 7) is 3.45. The van der Waals surface area contributed by atoms with Crippen molar-refractivity contribution in [1.29, 1.82) is 0 Å². The number of hydrogen-bond donors (Lipinski definition) is 1. The average Bonchev–Trinajstić information content (AvgIpc) is 2.70. The first kappa shape index (κ1) is 10.1. The van der Waals surface area contributed by atoms with Gasteiger partial charge in [-0.3, -0.25) is 0 Å². The van der Waals surface area contributed by atoms with Gasteiger partial charge in [-0.1, -0.05) is 0 Å². The van der Waals surface area contributed by atoms with Crippen molar-refractivity contribution in [2.45, 2.75) is 25.3 Å². The second-order valence-corrected chi connectivity index (χ2v) is 4.63. The van der Waals surface area contributed by atoms with Gasteiger partial charge in [-0.2, -0.15) is 0 Å². The summed E-state index contributed by atoms with van der Waals surface area (Å²) in [6.07, 6.45) is 3.38. The lowest BCUT2D eigenvalue weighted by molar-refractivity contribution is 0.215. The zero-order chi connectivity index (χ0) is 9.80. The van der Waals surface area contributed by atoms with Gasteiger partial charge in [0.05, 0.1) is 11.2 Å². The fourth-order valence-corrected chi connectivity index (χ4v) is 2.40. The van der Waals surface area contributed by atoms with Gasteiger partial charge >= 0.3 is 0 Å². The predicted octanol–water partition coefficient (Wildman–Crippen LogP) is 1.11. The molecule has 0 bridgehead atoms. The maximum absolute atomic E-state index is 5.85. The number of thiazole rings is 1. The van der Waals surface area contributed by atoms with Gasteiger partial charge in [0.1, 0.15) is 0 Å². The van der Waals surface area contributed by atoms with Crippen LogP contribution in [0.4, 0.5) is 0 Å². The molecule has 1 aromatic rings. The predicted molar refractivity (Wildman–Crippen MR) is 59.5 cm³/mol. The van der Waals surface area contributed by atoms with Crippen LogP contribution in [-0.4, -0.2) is 35.6 Å². The Morgan fingerprint density at radius 3 is 2.93 bits per heavy atom. The smallest absolute Gasteiger partial charge is 0.0794 e. The highest BCUT2D eigenvalue weighted by Crippen LogP contribution is 2.09. The van der Waals surface area contributed by atoms with Crippen molar-refractivity contribution >= 4 is 11.3 Å². The van der Waals surface area contributed by atoms with Crippen LogP contribution in [0.25, 0.3) is 0 Å². The molecule has 1 saturated heterocycles. The molecule has 4 heteroatoms. The summed E-state index contributed by atoms with van der Waals surface area (Å²) >= 11 is 1.68. The van der Waals surface area contributed by atoms with Crippen molar-refractivity contribution < 1.29 is 0 Å². The molecule has 0 atom stereocenters. The Balaban J connectivity index is 1.71. The molecule has 0 unspecified atom stereocenters. The standard InChI is InChI=1S/C10H17N3S/c11-9-1-4-13(5-2-9)6-3-10-7-14-8-12-10/h7-9H,1-6,11H2. The molecule has 78 valence electrons. The van der Waals surface area contributed by atoms with Crippen molar-refractivity contribution in [3.8, 4) is 0 Å². The lowest BCUT2D eigenvalue weighted by atomic mass is 10.1. The summed E-state index contributed by atoms with van der Waals surface area (Å²) in [7, 11) is 0. The molecule has 0 aromatic carbocycles. The molecule has 1 aromatic heterocycles. The van der Waals surface area contributed by atoms with Gasteiger partial charge in [-0.25, -0.2) is 4.98 Å². The molecule has 0 radical (unpaired) electrons. The third kappa shape index (κ3) is 2.77. The highest BCUT2D eigenvalue weighted by atomic mass is 32.1. The van der Waals surface area contributed by atoms with Crippen LogP contribution in [0.15, 0.2) is 10.9 Å². The Labute approximate surface area is 88.9 Å². The maximum Gasteiger partial charge on any atom is 0.0794 e. The minimum Gasteiger partial charge on any atom is -0.328 e. The Morgan fingerprint density at radius 2 is 2.29 bits per heavy atom. The molecule has 1 aliphatic rings.